The van der Waals surface area contributed by atoms with E-state index in [2.05, 4.69) is 36.7 Å². The highest BCUT2D eigenvalue weighted by Crippen LogP contribution is 2.22. The van der Waals surface area contributed by atoms with Gasteiger partial charge in [0.25, 0.3) is 10.0 Å². The van der Waals surface area contributed by atoms with Gasteiger partial charge in [-0.05, 0) is 32.6 Å². The van der Waals surface area contributed by atoms with E-state index in [1.165, 1.54) is 12.4 Å². The summed E-state index contributed by atoms with van der Waals surface area (Å²) < 4.78 is 27.5. The van der Waals surface area contributed by atoms with Gasteiger partial charge in [0.2, 0.25) is 5.95 Å². The molecule has 24 heavy (non-hydrogen) atoms. The molecule has 1 saturated heterocycles. The van der Waals surface area contributed by atoms with Crippen molar-refractivity contribution >= 4 is 21.7 Å². The zero-order valence-corrected chi connectivity index (χ0v) is 14.9. The van der Waals surface area contributed by atoms with E-state index >= 15 is 0 Å². The molecule has 3 heterocycles. The van der Waals surface area contributed by atoms with E-state index < -0.39 is 10.0 Å². The molecule has 1 aliphatic heterocycles. The van der Waals surface area contributed by atoms with E-state index in [4.69, 9.17) is 0 Å². The number of anilines is 2. The van der Waals surface area contributed by atoms with E-state index in [0.29, 0.717) is 23.0 Å². The fourth-order valence-corrected chi connectivity index (χ4v) is 4.29. The Balaban J connectivity index is 1.75. The molecule has 3 rings (SSSR count). The van der Waals surface area contributed by atoms with Crippen molar-refractivity contribution in [3.63, 3.8) is 0 Å². The molecule has 2 aromatic heterocycles. The molecular formula is C15H22N6O2S. The van der Waals surface area contributed by atoms with Gasteiger partial charge in [-0.25, -0.2) is 18.4 Å². The largest absolute Gasteiger partial charge is 0.341 e. The molecule has 0 bridgehead atoms. The first kappa shape index (κ1) is 16.7. The number of aromatic amines is 1. The molecule has 0 radical (unpaired) electrons. The first-order valence-electron chi connectivity index (χ1n) is 7.98. The molecule has 0 aliphatic carbocycles. The third-order valence-electron chi connectivity index (χ3n) is 4.29. The fourth-order valence-electron chi connectivity index (χ4n) is 2.89. The quantitative estimate of drug-likeness (QED) is 0.872. The second kappa shape index (κ2) is 6.39. The van der Waals surface area contributed by atoms with Crippen molar-refractivity contribution in [2.45, 2.75) is 38.5 Å². The number of hydrogen-bond donors (Lipinski definition) is 2. The highest BCUT2D eigenvalue weighted by molar-refractivity contribution is 7.92. The molecule has 130 valence electrons. The number of piperidine rings is 1. The summed E-state index contributed by atoms with van der Waals surface area (Å²) in [6, 6.07) is 0. The fraction of sp³-hybridized carbons (Fsp3) is 0.533. The normalized spacial score (nSPS) is 16.4. The van der Waals surface area contributed by atoms with Crippen molar-refractivity contribution in [1.82, 2.24) is 20.2 Å². The first-order valence-corrected chi connectivity index (χ1v) is 9.46. The van der Waals surface area contributed by atoms with Crippen molar-refractivity contribution in [2.24, 2.45) is 5.92 Å². The predicted octanol–water partition coefficient (Wildman–Crippen LogP) is 1.85. The third kappa shape index (κ3) is 3.35. The van der Waals surface area contributed by atoms with Gasteiger partial charge in [-0.15, -0.1) is 0 Å². The second-order valence-corrected chi connectivity index (χ2v) is 7.93. The van der Waals surface area contributed by atoms with E-state index in [1.54, 1.807) is 13.8 Å². The van der Waals surface area contributed by atoms with Gasteiger partial charge in [-0.2, -0.15) is 5.10 Å². The zero-order valence-electron chi connectivity index (χ0n) is 14.1. The van der Waals surface area contributed by atoms with Crippen molar-refractivity contribution < 1.29 is 8.42 Å². The average Bonchev–Trinajstić information content (AvgIpc) is 2.88. The van der Waals surface area contributed by atoms with Crippen LogP contribution in [0.4, 0.5) is 11.6 Å². The van der Waals surface area contributed by atoms with Crippen molar-refractivity contribution in [1.29, 1.82) is 0 Å². The number of H-pyrrole nitrogens is 1. The highest BCUT2D eigenvalue weighted by atomic mass is 32.2. The molecule has 0 unspecified atom stereocenters. The standard InChI is InChI=1S/C15H22N6O2S/c1-10-4-6-21(7-5-10)15-16-8-13(9-17-15)20-24(22,23)14-11(2)18-19-12(14)3/h8-10,20H,4-7H2,1-3H3,(H,18,19). The SMILES string of the molecule is Cc1n[nH]c(C)c1S(=O)(=O)Nc1cnc(N2CCC(C)CC2)nc1. The van der Waals surface area contributed by atoms with Crippen LogP contribution in [0.1, 0.15) is 31.2 Å². The summed E-state index contributed by atoms with van der Waals surface area (Å²) >= 11 is 0. The molecule has 1 fully saturated rings. The summed E-state index contributed by atoms with van der Waals surface area (Å²) in [7, 11) is -3.71. The smallest absolute Gasteiger partial charge is 0.265 e. The van der Waals surface area contributed by atoms with Gasteiger partial charge in [0.05, 0.1) is 29.5 Å². The van der Waals surface area contributed by atoms with Gasteiger partial charge in [0, 0.05) is 13.1 Å². The van der Waals surface area contributed by atoms with Gasteiger partial charge < -0.3 is 4.90 Å². The summed E-state index contributed by atoms with van der Waals surface area (Å²) in [6.07, 6.45) is 5.25. The van der Waals surface area contributed by atoms with Crippen LogP contribution in [-0.4, -0.2) is 41.7 Å². The molecule has 2 N–H and O–H groups in total. The monoisotopic (exact) mass is 350 g/mol. The summed E-state index contributed by atoms with van der Waals surface area (Å²) in [5.41, 5.74) is 1.27. The lowest BCUT2D eigenvalue weighted by atomic mass is 10.00. The number of nitrogens with zero attached hydrogens (tertiary/aromatic N) is 4. The number of aromatic nitrogens is 4. The molecule has 8 nitrogen and oxygen atoms in total. The average molecular weight is 350 g/mol. The number of rotatable bonds is 4. The van der Waals surface area contributed by atoms with Crippen LogP contribution in [0, 0.1) is 19.8 Å². The maximum absolute atomic E-state index is 12.5. The summed E-state index contributed by atoms with van der Waals surface area (Å²) in [5.74, 6) is 1.37. The Bertz CT molecular complexity index is 787. The van der Waals surface area contributed by atoms with E-state index in [0.717, 1.165) is 31.8 Å². The highest BCUT2D eigenvalue weighted by Gasteiger charge is 2.23. The number of hydrogen-bond acceptors (Lipinski definition) is 6. The lowest BCUT2D eigenvalue weighted by Gasteiger charge is -2.30. The first-order chi connectivity index (χ1) is 11.4. The topological polar surface area (TPSA) is 104 Å². The lowest BCUT2D eigenvalue weighted by Crippen LogP contribution is -2.34. The van der Waals surface area contributed by atoms with Crippen LogP contribution >= 0.6 is 0 Å². The van der Waals surface area contributed by atoms with E-state index in [-0.39, 0.29) is 4.90 Å². The summed E-state index contributed by atoms with van der Waals surface area (Å²) in [6.45, 7) is 7.43. The van der Waals surface area contributed by atoms with Crippen molar-refractivity contribution in [3.05, 3.63) is 23.8 Å². The van der Waals surface area contributed by atoms with Crippen LogP contribution in [0.5, 0.6) is 0 Å². The Morgan fingerprint density at radius 2 is 1.83 bits per heavy atom. The van der Waals surface area contributed by atoms with Gasteiger partial charge in [0.1, 0.15) is 4.90 Å². The van der Waals surface area contributed by atoms with Crippen molar-refractivity contribution in [2.75, 3.05) is 22.7 Å². The molecule has 0 atom stereocenters. The van der Waals surface area contributed by atoms with Crippen LogP contribution in [-0.2, 0) is 10.0 Å². The maximum Gasteiger partial charge on any atom is 0.265 e. The zero-order chi connectivity index (χ0) is 17.3. The Morgan fingerprint density at radius 1 is 1.21 bits per heavy atom. The lowest BCUT2D eigenvalue weighted by molar-refractivity contribution is 0.434. The van der Waals surface area contributed by atoms with Gasteiger partial charge in [0.15, 0.2) is 0 Å². The van der Waals surface area contributed by atoms with Gasteiger partial charge >= 0.3 is 0 Å². The molecular weight excluding hydrogens is 328 g/mol. The summed E-state index contributed by atoms with van der Waals surface area (Å²) in [5, 5.41) is 6.60. The van der Waals surface area contributed by atoms with Crippen LogP contribution in [0.25, 0.3) is 0 Å². The van der Waals surface area contributed by atoms with E-state index in [9.17, 15) is 8.42 Å². The van der Waals surface area contributed by atoms with Crippen LogP contribution in [0.15, 0.2) is 17.3 Å². The van der Waals surface area contributed by atoms with Crippen molar-refractivity contribution in [3.8, 4) is 0 Å². The molecule has 2 aromatic rings. The molecule has 0 spiro atoms. The Hall–Kier alpha value is -2.16. The number of nitrogens with one attached hydrogen (secondary N) is 2. The molecule has 0 aromatic carbocycles. The molecule has 9 heteroatoms. The summed E-state index contributed by atoms with van der Waals surface area (Å²) in [4.78, 5) is 10.9. The maximum atomic E-state index is 12.5. The third-order valence-corrected chi connectivity index (χ3v) is 5.93. The van der Waals surface area contributed by atoms with Crippen LogP contribution in [0.3, 0.4) is 0 Å². The molecule has 0 saturated carbocycles. The Morgan fingerprint density at radius 3 is 2.38 bits per heavy atom. The van der Waals surface area contributed by atoms with Crippen LogP contribution < -0.4 is 9.62 Å². The minimum Gasteiger partial charge on any atom is -0.341 e. The minimum absolute atomic E-state index is 0.164. The Kier molecular flexibility index (Phi) is 4.44. The predicted molar refractivity (Wildman–Crippen MR) is 91.5 cm³/mol. The Labute approximate surface area is 141 Å². The van der Waals surface area contributed by atoms with Crippen LogP contribution in [0.2, 0.25) is 0 Å². The van der Waals surface area contributed by atoms with Gasteiger partial charge in [-0.3, -0.25) is 9.82 Å². The minimum atomic E-state index is -3.71. The van der Waals surface area contributed by atoms with Gasteiger partial charge in [-0.1, -0.05) is 6.92 Å². The second-order valence-electron chi connectivity index (χ2n) is 6.31. The number of aryl methyl sites for hydroxylation is 2. The molecule has 1 aliphatic rings. The molecule has 0 amide bonds. The van der Waals surface area contributed by atoms with E-state index in [1.807, 2.05) is 0 Å². The number of sulfonamides is 1.